The maximum absolute atomic E-state index is 11.3. The van der Waals surface area contributed by atoms with Crippen molar-refractivity contribution in [2.24, 2.45) is 0 Å². The molecule has 3 rings (SSSR count). The van der Waals surface area contributed by atoms with E-state index < -0.39 is 5.97 Å². The van der Waals surface area contributed by atoms with Crippen molar-refractivity contribution in [1.29, 1.82) is 0 Å². The summed E-state index contributed by atoms with van der Waals surface area (Å²) in [5.74, 6) is -0.0977. The number of anilines is 1. The van der Waals surface area contributed by atoms with E-state index in [1.54, 1.807) is 23.5 Å². The number of pyridine rings is 1. The number of carbonyl (C=O) groups is 1. The molecule has 0 spiro atoms. The van der Waals surface area contributed by atoms with E-state index in [1.807, 2.05) is 0 Å². The Morgan fingerprint density at radius 3 is 3.10 bits per heavy atom. The molecule has 0 amide bonds. The molecule has 0 bridgehead atoms. The van der Waals surface area contributed by atoms with Gasteiger partial charge in [-0.1, -0.05) is 13.3 Å². The normalized spacial score (nSPS) is 14.0. The van der Waals surface area contributed by atoms with Gasteiger partial charge >= 0.3 is 5.97 Å². The zero-order valence-electron chi connectivity index (χ0n) is 12.0. The quantitative estimate of drug-likeness (QED) is 0.941. The molecule has 4 nitrogen and oxygen atoms in total. The van der Waals surface area contributed by atoms with Crippen LogP contribution in [0.5, 0.6) is 0 Å². The van der Waals surface area contributed by atoms with Crippen molar-refractivity contribution in [3.8, 4) is 0 Å². The number of hydrogen-bond acceptors (Lipinski definition) is 4. The molecule has 0 radical (unpaired) electrons. The Morgan fingerprint density at radius 2 is 2.33 bits per heavy atom. The Balaban J connectivity index is 1.92. The summed E-state index contributed by atoms with van der Waals surface area (Å²) >= 11 is 1.80. The third-order valence-electron chi connectivity index (χ3n) is 3.75. The highest BCUT2D eigenvalue weighted by Crippen LogP contribution is 2.27. The molecule has 21 heavy (non-hydrogen) atoms. The predicted molar refractivity (Wildman–Crippen MR) is 84.3 cm³/mol. The van der Waals surface area contributed by atoms with Crippen molar-refractivity contribution in [3.05, 3.63) is 45.3 Å². The molecular weight excluding hydrogens is 284 g/mol. The molecular formula is C16H18N2O2S. The number of aromatic carboxylic acids is 1. The van der Waals surface area contributed by atoms with Crippen molar-refractivity contribution in [2.45, 2.75) is 32.7 Å². The number of thiophene rings is 1. The summed E-state index contributed by atoms with van der Waals surface area (Å²) in [5, 5.41) is 11.4. The number of nitrogens with zero attached hydrogens (tertiary/aromatic N) is 2. The molecule has 2 aromatic heterocycles. The van der Waals surface area contributed by atoms with Crippen LogP contribution in [-0.4, -0.2) is 22.6 Å². The van der Waals surface area contributed by atoms with E-state index in [1.165, 1.54) is 10.4 Å². The van der Waals surface area contributed by atoms with Crippen LogP contribution in [0.1, 0.15) is 39.8 Å². The van der Waals surface area contributed by atoms with Crippen LogP contribution in [0.3, 0.4) is 0 Å². The van der Waals surface area contributed by atoms with Gasteiger partial charge in [-0.2, -0.15) is 0 Å². The predicted octanol–water partition coefficient (Wildman–Crippen LogP) is 3.36. The van der Waals surface area contributed by atoms with Crippen LogP contribution in [0.25, 0.3) is 0 Å². The number of carboxylic acids is 1. The van der Waals surface area contributed by atoms with Gasteiger partial charge in [0.15, 0.2) is 0 Å². The van der Waals surface area contributed by atoms with E-state index in [-0.39, 0.29) is 0 Å². The summed E-state index contributed by atoms with van der Waals surface area (Å²) < 4.78 is 0. The lowest BCUT2D eigenvalue weighted by Gasteiger charge is -2.28. The Hall–Kier alpha value is -1.88. The second-order valence-corrected chi connectivity index (χ2v) is 6.30. The third kappa shape index (κ3) is 2.93. The fourth-order valence-electron chi connectivity index (χ4n) is 2.69. The van der Waals surface area contributed by atoms with Gasteiger partial charge in [-0.05, 0) is 42.0 Å². The van der Waals surface area contributed by atoms with Gasteiger partial charge in [0.2, 0.25) is 0 Å². The molecule has 0 saturated heterocycles. The van der Waals surface area contributed by atoms with Crippen LogP contribution in [0.2, 0.25) is 0 Å². The monoisotopic (exact) mass is 302 g/mol. The van der Waals surface area contributed by atoms with E-state index in [4.69, 9.17) is 0 Å². The smallest absolute Gasteiger partial charge is 0.335 e. The second-order valence-electron chi connectivity index (χ2n) is 5.30. The minimum Gasteiger partial charge on any atom is -0.478 e. The number of fused-ring (bicyclic) bond motifs is 1. The molecule has 1 aliphatic heterocycles. The van der Waals surface area contributed by atoms with Crippen molar-refractivity contribution in [3.63, 3.8) is 0 Å². The van der Waals surface area contributed by atoms with Gasteiger partial charge in [0, 0.05) is 23.7 Å². The molecule has 3 heterocycles. The molecule has 1 N–H and O–H groups in total. The largest absolute Gasteiger partial charge is 0.478 e. The first-order valence-corrected chi connectivity index (χ1v) is 8.09. The van der Waals surface area contributed by atoms with E-state index in [2.05, 4.69) is 28.3 Å². The van der Waals surface area contributed by atoms with Crippen LogP contribution in [0.15, 0.2) is 23.6 Å². The fourth-order valence-corrected chi connectivity index (χ4v) is 3.58. The van der Waals surface area contributed by atoms with Crippen LogP contribution < -0.4 is 4.90 Å². The zero-order valence-corrected chi connectivity index (χ0v) is 12.8. The standard InChI is InChI=1S/C16H18N2O2S/c1-2-3-13-8-12(16(19)20)9-15(17-13)18-6-4-14-11(10-18)5-7-21-14/h5,7-9H,2-4,6,10H2,1H3,(H,19,20). The molecule has 110 valence electrons. The van der Waals surface area contributed by atoms with Gasteiger partial charge in [0.05, 0.1) is 5.56 Å². The lowest BCUT2D eigenvalue weighted by atomic mass is 10.1. The Kier molecular flexibility index (Phi) is 3.92. The van der Waals surface area contributed by atoms with Crippen LogP contribution in [0, 0.1) is 0 Å². The summed E-state index contributed by atoms with van der Waals surface area (Å²) in [4.78, 5) is 19.6. The Morgan fingerprint density at radius 1 is 1.48 bits per heavy atom. The Bertz CT molecular complexity index is 666. The van der Waals surface area contributed by atoms with Gasteiger partial charge in [-0.25, -0.2) is 9.78 Å². The highest BCUT2D eigenvalue weighted by molar-refractivity contribution is 7.10. The van der Waals surface area contributed by atoms with Gasteiger partial charge in [-0.3, -0.25) is 0 Å². The Labute approximate surface area is 128 Å². The molecule has 1 aliphatic rings. The number of carboxylic acid groups (broad SMARTS) is 1. The molecule has 0 unspecified atom stereocenters. The minimum absolute atomic E-state index is 0.333. The second kappa shape index (κ2) is 5.85. The van der Waals surface area contributed by atoms with Gasteiger partial charge < -0.3 is 10.0 Å². The molecule has 2 aromatic rings. The molecule has 5 heteroatoms. The highest BCUT2D eigenvalue weighted by Gasteiger charge is 2.20. The van der Waals surface area contributed by atoms with E-state index in [0.717, 1.165) is 43.9 Å². The lowest BCUT2D eigenvalue weighted by molar-refractivity contribution is 0.0696. The van der Waals surface area contributed by atoms with Gasteiger partial charge in [0.1, 0.15) is 5.82 Å². The third-order valence-corrected chi connectivity index (χ3v) is 4.77. The van der Waals surface area contributed by atoms with Crippen molar-refractivity contribution >= 4 is 23.1 Å². The first-order chi connectivity index (χ1) is 10.2. The average Bonchev–Trinajstić information content (AvgIpc) is 2.94. The van der Waals surface area contributed by atoms with Crippen molar-refractivity contribution in [2.75, 3.05) is 11.4 Å². The first kappa shape index (κ1) is 14.1. The number of aromatic nitrogens is 1. The maximum atomic E-state index is 11.3. The van der Waals surface area contributed by atoms with Crippen molar-refractivity contribution < 1.29 is 9.90 Å². The molecule has 0 aromatic carbocycles. The lowest BCUT2D eigenvalue weighted by Crippen LogP contribution is -2.30. The minimum atomic E-state index is -0.885. The summed E-state index contributed by atoms with van der Waals surface area (Å²) in [6.45, 7) is 3.79. The summed E-state index contributed by atoms with van der Waals surface area (Å²) in [7, 11) is 0. The van der Waals surface area contributed by atoms with E-state index >= 15 is 0 Å². The summed E-state index contributed by atoms with van der Waals surface area (Å²) in [5.41, 5.74) is 2.54. The maximum Gasteiger partial charge on any atom is 0.335 e. The first-order valence-electron chi connectivity index (χ1n) is 7.22. The molecule has 0 aliphatic carbocycles. The van der Waals surface area contributed by atoms with Gasteiger partial charge in [0.25, 0.3) is 0 Å². The zero-order chi connectivity index (χ0) is 14.8. The molecule has 0 saturated carbocycles. The van der Waals surface area contributed by atoms with Crippen LogP contribution >= 0.6 is 11.3 Å². The molecule has 0 fully saturated rings. The number of aryl methyl sites for hydroxylation is 1. The summed E-state index contributed by atoms with van der Waals surface area (Å²) in [6.07, 6.45) is 2.78. The fraction of sp³-hybridized carbons (Fsp3) is 0.375. The highest BCUT2D eigenvalue weighted by atomic mass is 32.1. The van der Waals surface area contributed by atoms with Gasteiger partial charge in [-0.15, -0.1) is 11.3 Å². The van der Waals surface area contributed by atoms with Crippen LogP contribution in [-0.2, 0) is 19.4 Å². The average molecular weight is 302 g/mol. The number of hydrogen-bond donors (Lipinski definition) is 1. The van der Waals surface area contributed by atoms with E-state index in [0.29, 0.717) is 5.56 Å². The van der Waals surface area contributed by atoms with E-state index in [9.17, 15) is 9.90 Å². The SMILES string of the molecule is CCCc1cc(C(=O)O)cc(N2CCc3sccc3C2)n1. The number of rotatable bonds is 4. The topological polar surface area (TPSA) is 53.4 Å². The molecule has 0 atom stereocenters. The van der Waals surface area contributed by atoms with Crippen molar-refractivity contribution in [1.82, 2.24) is 4.98 Å². The summed E-state index contributed by atoms with van der Waals surface area (Å²) in [6, 6.07) is 5.54. The van der Waals surface area contributed by atoms with Crippen LogP contribution in [0.4, 0.5) is 5.82 Å².